The molecule has 0 saturated heterocycles. The monoisotopic (exact) mass is 414 g/mol. The molecule has 2 aromatic rings. The third-order valence-electron chi connectivity index (χ3n) is 5.72. The van der Waals surface area contributed by atoms with Crippen LogP contribution < -0.4 is 5.73 Å². The van der Waals surface area contributed by atoms with Crippen LogP contribution in [0.15, 0.2) is 42.7 Å². The Hall–Kier alpha value is -2.47. The zero-order valence-corrected chi connectivity index (χ0v) is 17.8. The molecule has 0 aromatic carbocycles. The third kappa shape index (κ3) is 3.73. The van der Waals surface area contributed by atoms with Crippen LogP contribution in [0.3, 0.4) is 0 Å². The lowest BCUT2D eigenvalue weighted by Crippen LogP contribution is -2.66. The number of primary amides is 1. The third-order valence-corrected chi connectivity index (χ3v) is 5.95. The van der Waals surface area contributed by atoms with E-state index < -0.39 is 16.9 Å². The van der Waals surface area contributed by atoms with E-state index in [0.29, 0.717) is 16.4 Å². The maximum absolute atomic E-state index is 13.8. The molecule has 2 heterocycles. The van der Waals surface area contributed by atoms with E-state index in [9.17, 15) is 9.59 Å². The first kappa shape index (κ1) is 21.2. The summed E-state index contributed by atoms with van der Waals surface area (Å²) in [5.41, 5.74) is 4.81. The number of carbonyl (C=O) groups is 2. The van der Waals surface area contributed by atoms with Gasteiger partial charge >= 0.3 is 0 Å². The van der Waals surface area contributed by atoms with Gasteiger partial charge in [-0.3, -0.25) is 14.6 Å². The van der Waals surface area contributed by atoms with Crippen molar-refractivity contribution in [3.8, 4) is 0 Å². The largest absolute Gasteiger partial charge is 0.367 e. The topological polar surface area (TPSA) is 89.2 Å². The summed E-state index contributed by atoms with van der Waals surface area (Å²) in [5.74, 6) is -0.883. The number of rotatable bonds is 5. The predicted octanol–water partition coefficient (Wildman–Crippen LogP) is 3.94. The van der Waals surface area contributed by atoms with Gasteiger partial charge in [-0.15, -0.1) is 0 Å². The maximum atomic E-state index is 13.8. The van der Waals surface area contributed by atoms with E-state index in [2.05, 4.69) is 9.97 Å². The molecule has 6 nitrogen and oxygen atoms in total. The van der Waals surface area contributed by atoms with Crippen molar-refractivity contribution in [3.63, 3.8) is 0 Å². The minimum Gasteiger partial charge on any atom is -0.367 e. The first-order valence-electron chi connectivity index (χ1n) is 9.86. The summed E-state index contributed by atoms with van der Waals surface area (Å²) in [7, 11) is 0. The number of hydrogen-bond donors (Lipinski definition) is 1. The summed E-state index contributed by atoms with van der Waals surface area (Å²) in [5, 5.41) is 0.302. The Morgan fingerprint density at radius 2 is 1.79 bits per heavy atom. The van der Waals surface area contributed by atoms with Gasteiger partial charge in [0.05, 0.1) is 11.3 Å². The van der Waals surface area contributed by atoms with E-state index in [0.717, 1.165) is 25.7 Å². The zero-order valence-electron chi connectivity index (χ0n) is 17.1. The zero-order chi connectivity index (χ0) is 21.2. The molecule has 2 aromatic heterocycles. The van der Waals surface area contributed by atoms with Gasteiger partial charge in [0.25, 0.3) is 5.91 Å². The van der Waals surface area contributed by atoms with E-state index >= 15 is 0 Å². The van der Waals surface area contributed by atoms with Crippen molar-refractivity contribution in [1.29, 1.82) is 0 Å². The molecule has 1 aliphatic rings. The molecule has 2 N–H and O–H groups in total. The lowest BCUT2D eigenvalue weighted by atomic mass is 9.68. The van der Waals surface area contributed by atoms with Crippen molar-refractivity contribution in [2.24, 2.45) is 11.1 Å². The highest BCUT2D eigenvalue weighted by Gasteiger charge is 2.58. The molecule has 1 aliphatic carbocycles. The number of carbonyl (C=O) groups excluding carboxylic acids is 2. The summed E-state index contributed by atoms with van der Waals surface area (Å²) < 4.78 is 0. The van der Waals surface area contributed by atoms with Crippen LogP contribution in [0, 0.1) is 5.41 Å². The van der Waals surface area contributed by atoms with E-state index in [1.54, 1.807) is 35.4 Å². The Kier molecular flexibility index (Phi) is 5.94. The second-order valence-corrected chi connectivity index (χ2v) is 8.91. The van der Waals surface area contributed by atoms with E-state index in [1.165, 1.54) is 6.20 Å². The molecule has 0 radical (unpaired) electrons. The molecule has 0 spiro atoms. The van der Waals surface area contributed by atoms with Crippen LogP contribution in [0.4, 0.5) is 0 Å². The Balaban J connectivity index is 2.27. The van der Waals surface area contributed by atoms with Gasteiger partial charge in [0, 0.05) is 23.9 Å². The molecule has 154 valence electrons. The molecule has 3 rings (SSSR count). The van der Waals surface area contributed by atoms with Crippen LogP contribution >= 0.6 is 11.6 Å². The normalized spacial score (nSPS) is 17.0. The quantitative estimate of drug-likeness (QED) is 0.750. The summed E-state index contributed by atoms with van der Waals surface area (Å²) in [4.78, 5) is 37.3. The van der Waals surface area contributed by atoms with Gasteiger partial charge in [0.2, 0.25) is 5.91 Å². The highest BCUT2D eigenvalue weighted by molar-refractivity contribution is 6.29. The minimum absolute atomic E-state index is 0.119. The van der Waals surface area contributed by atoms with Gasteiger partial charge in [-0.1, -0.05) is 51.3 Å². The van der Waals surface area contributed by atoms with Crippen molar-refractivity contribution in [2.45, 2.75) is 58.0 Å². The van der Waals surface area contributed by atoms with Crippen molar-refractivity contribution in [1.82, 2.24) is 14.9 Å². The van der Waals surface area contributed by atoms with E-state index in [1.807, 2.05) is 26.8 Å². The van der Waals surface area contributed by atoms with Gasteiger partial charge < -0.3 is 10.6 Å². The fourth-order valence-electron chi connectivity index (χ4n) is 4.46. The minimum atomic E-state index is -1.42. The van der Waals surface area contributed by atoms with Gasteiger partial charge in [-0.2, -0.15) is 0 Å². The van der Waals surface area contributed by atoms with E-state index in [-0.39, 0.29) is 11.9 Å². The fraction of sp³-hybridized carbons (Fsp3) is 0.455. The standard InChI is InChI=1S/C22H27ClN4O2/c1-21(2,3)22(20(24)29,17-10-6-7-13-25-17)27(16-8-4-5-9-16)19(28)15-11-12-18(23)26-14-15/h6-7,10-14,16H,4-5,8-9H2,1-3H3,(H2,24,29). The molecule has 0 bridgehead atoms. The highest BCUT2D eigenvalue weighted by atomic mass is 35.5. The van der Waals surface area contributed by atoms with Crippen molar-refractivity contribution in [3.05, 3.63) is 59.1 Å². The maximum Gasteiger partial charge on any atom is 0.256 e. The number of halogens is 1. The molecule has 1 unspecified atom stereocenters. The van der Waals surface area contributed by atoms with Crippen LogP contribution in [-0.4, -0.2) is 32.7 Å². The second kappa shape index (κ2) is 8.11. The van der Waals surface area contributed by atoms with Crippen LogP contribution in [0.2, 0.25) is 5.15 Å². The number of hydrogen-bond acceptors (Lipinski definition) is 4. The molecule has 7 heteroatoms. The van der Waals surface area contributed by atoms with Crippen molar-refractivity contribution >= 4 is 23.4 Å². The SMILES string of the molecule is CC(C)(C)C(C(N)=O)(c1ccccn1)N(C(=O)c1ccc(Cl)nc1)C1CCCC1. The van der Waals surface area contributed by atoms with Crippen LogP contribution in [-0.2, 0) is 10.3 Å². The highest BCUT2D eigenvalue weighted by Crippen LogP contribution is 2.47. The molecule has 2 amide bonds. The molecule has 1 saturated carbocycles. The lowest BCUT2D eigenvalue weighted by Gasteiger charge is -2.51. The summed E-state index contributed by atoms with van der Waals surface area (Å²) in [6.45, 7) is 5.76. The number of amides is 2. The average Bonchev–Trinajstić information content (AvgIpc) is 3.19. The predicted molar refractivity (Wildman–Crippen MR) is 112 cm³/mol. The summed E-state index contributed by atoms with van der Waals surface area (Å²) in [6, 6.07) is 8.45. The lowest BCUT2D eigenvalue weighted by molar-refractivity contribution is -0.140. The molecular formula is C22H27ClN4O2. The molecule has 1 fully saturated rings. The average molecular weight is 415 g/mol. The van der Waals surface area contributed by atoms with Gasteiger partial charge in [-0.05, 0) is 37.1 Å². The Morgan fingerprint density at radius 1 is 1.10 bits per heavy atom. The van der Waals surface area contributed by atoms with Crippen molar-refractivity contribution < 1.29 is 9.59 Å². The van der Waals surface area contributed by atoms with Crippen LogP contribution in [0.5, 0.6) is 0 Å². The number of aromatic nitrogens is 2. The number of pyridine rings is 2. The summed E-state index contributed by atoms with van der Waals surface area (Å²) in [6.07, 6.45) is 6.68. The van der Waals surface area contributed by atoms with E-state index in [4.69, 9.17) is 17.3 Å². The molecule has 1 atom stereocenters. The van der Waals surface area contributed by atoms with Gasteiger partial charge in [0.15, 0.2) is 5.54 Å². The summed E-state index contributed by atoms with van der Waals surface area (Å²) >= 11 is 5.91. The number of nitrogens with two attached hydrogens (primary N) is 1. The smallest absolute Gasteiger partial charge is 0.256 e. The Morgan fingerprint density at radius 3 is 2.28 bits per heavy atom. The molecular weight excluding hydrogens is 388 g/mol. The first-order chi connectivity index (χ1) is 13.7. The number of nitrogens with zero attached hydrogens (tertiary/aromatic N) is 3. The Labute approximate surface area is 176 Å². The van der Waals surface area contributed by atoms with Gasteiger partial charge in [-0.25, -0.2) is 4.98 Å². The van der Waals surface area contributed by atoms with Crippen molar-refractivity contribution in [2.75, 3.05) is 0 Å². The molecule has 0 aliphatic heterocycles. The second-order valence-electron chi connectivity index (χ2n) is 8.52. The fourth-order valence-corrected chi connectivity index (χ4v) is 4.57. The first-order valence-corrected chi connectivity index (χ1v) is 10.2. The van der Waals surface area contributed by atoms with Gasteiger partial charge in [0.1, 0.15) is 5.15 Å². The molecule has 29 heavy (non-hydrogen) atoms. The Bertz CT molecular complexity index is 874. The van der Waals surface area contributed by atoms with Crippen LogP contribution in [0.25, 0.3) is 0 Å². The van der Waals surface area contributed by atoms with Crippen LogP contribution in [0.1, 0.15) is 62.5 Å².